The van der Waals surface area contributed by atoms with Gasteiger partial charge in [0.05, 0.1) is 19.3 Å². The second kappa shape index (κ2) is 7.47. The van der Waals surface area contributed by atoms with Crippen LogP contribution in [-0.4, -0.2) is 56.7 Å². The molecule has 1 saturated heterocycles. The number of morpholine rings is 1. The maximum Gasteiger partial charge on any atom is 0.164 e. The van der Waals surface area contributed by atoms with Crippen molar-refractivity contribution in [2.75, 3.05) is 40.0 Å². The number of rotatable bonds is 6. The smallest absolute Gasteiger partial charge is 0.164 e. The molecule has 1 aliphatic rings. The highest BCUT2D eigenvalue weighted by Crippen LogP contribution is 2.09. The fraction of sp³-hybridized carbons (Fsp3) is 0.533. The summed E-state index contributed by atoms with van der Waals surface area (Å²) in [5.74, 6) is -0.281. The van der Waals surface area contributed by atoms with Gasteiger partial charge in [-0.1, -0.05) is 0 Å². The van der Waals surface area contributed by atoms with E-state index in [9.17, 15) is 9.18 Å². The third-order valence-electron chi connectivity index (χ3n) is 3.40. The first kappa shape index (κ1) is 15.1. The summed E-state index contributed by atoms with van der Waals surface area (Å²) < 4.78 is 23.4. The topological polar surface area (TPSA) is 38.8 Å². The summed E-state index contributed by atoms with van der Waals surface area (Å²) in [7, 11) is 1.65. The van der Waals surface area contributed by atoms with Crippen molar-refractivity contribution >= 4 is 5.78 Å². The molecule has 1 aliphatic heterocycles. The molecule has 1 atom stereocenters. The van der Waals surface area contributed by atoms with Crippen molar-refractivity contribution in [3.8, 4) is 0 Å². The van der Waals surface area contributed by atoms with Gasteiger partial charge >= 0.3 is 0 Å². The molecule has 0 spiro atoms. The van der Waals surface area contributed by atoms with E-state index in [0.717, 1.165) is 13.1 Å². The molecule has 5 heteroatoms. The quantitative estimate of drug-likeness (QED) is 0.745. The molecule has 0 aromatic heterocycles. The van der Waals surface area contributed by atoms with Crippen LogP contribution in [0.5, 0.6) is 0 Å². The highest BCUT2D eigenvalue weighted by atomic mass is 19.1. The molecule has 1 aromatic carbocycles. The molecule has 0 N–H and O–H groups in total. The van der Waals surface area contributed by atoms with Crippen LogP contribution in [-0.2, 0) is 9.47 Å². The van der Waals surface area contributed by atoms with Gasteiger partial charge in [0.25, 0.3) is 0 Å². The number of carbonyl (C=O) groups excluding carboxylic acids is 1. The highest BCUT2D eigenvalue weighted by Gasteiger charge is 2.20. The maximum atomic E-state index is 12.8. The van der Waals surface area contributed by atoms with Crippen LogP contribution >= 0.6 is 0 Å². The molecule has 1 heterocycles. The molecule has 0 bridgehead atoms. The minimum atomic E-state index is -0.322. The van der Waals surface area contributed by atoms with Crippen molar-refractivity contribution in [2.24, 2.45) is 0 Å². The molecule has 110 valence electrons. The Labute approximate surface area is 118 Å². The molecule has 0 amide bonds. The second-order valence-corrected chi connectivity index (χ2v) is 4.93. The van der Waals surface area contributed by atoms with Gasteiger partial charge < -0.3 is 9.47 Å². The van der Waals surface area contributed by atoms with E-state index < -0.39 is 0 Å². The number of methoxy groups -OCH3 is 1. The Hall–Kier alpha value is -1.30. The molecule has 2 rings (SSSR count). The first-order valence-corrected chi connectivity index (χ1v) is 6.80. The van der Waals surface area contributed by atoms with Gasteiger partial charge in [0.1, 0.15) is 5.82 Å². The standard InChI is InChI=1S/C15H20FNO3/c1-19-11-14-10-17(8-9-20-14)7-6-15(18)12-2-4-13(16)5-3-12/h2-5,14H,6-11H2,1H3/t14-/m1/s1. The highest BCUT2D eigenvalue weighted by molar-refractivity contribution is 5.96. The van der Waals surface area contributed by atoms with E-state index in [1.165, 1.54) is 24.3 Å². The SMILES string of the molecule is COC[C@H]1CN(CCC(=O)c2ccc(F)cc2)CCO1. The monoisotopic (exact) mass is 281 g/mol. The Balaban J connectivity index is 1.79. The van der Waals surface area contributed by atoms with Crippen molar-refractivity contribution in [1.82, 2.24) is 4.90 Å². The van der Waals surface area contributed by atoms with Gasteiger partial charge in [-0.25, -0.2) is 4.39 Å². The predicted molar refractivity (Wildman–Crippen MR) is 73.4 cm³/mol. The lowest BCUT2D eigenvalue weighted by atomic mass is 10.1. The number of benzene rings is 1. The molecule has 0 radical (unpaired) electrons. The van der Waals surface area contributed by atoms with Crippen molar-refractivity contribution in [3.05, 3.63) is 35.6 Å². The van der Waals surface area contributed by atoms with Gasteiger partial charge in [0.2, 0.25) is 0 Å². The fourth-order valence-corrected chi connectivity index (χ4v) is 2.31. The van der Waals surface area contributed by atoms with Crippen molar-refractivity contribution < 1.29 is 18.7 Å². The molecule has 4 nitrogen and oxygen atoms in total. The lowest BCUT2D eigenvalue weighted by Crippen LogP contribution is -2.44. The van der Waals surface area contributed by atoms with Crippen molar-refractivity contribution in [2.45, 2.75) is 12.5 Å². The molecule has 1 fully saturated rings. The van der Waals surface area contributed by atoms with Crippen LogP contribution in [0.25, 0.3) is 0 Å². The van der Waals surface area contributed by atoms with E-state index in [-0.39, 0.29) is 17.7 Å². The fourth-order valence-electron chi connectivity index (χ4n) is 2.31. The molecular formula is C15H20FNO3. The van der Waals surface area contributed by atoms with Crippen molar-refractivity contribution in [1.29, 1.82) is 0 Å². The summed E-state index contributed by atoms with van der Waals surface area (Å²) in [5.41, 5.74) is 0.563. The first-order chi connectivity index (χ1) is 9.69. The number of ether oxygens (including phenoxy) is 2. The largest absolute Gasteiger partial charge is 0.382 e. The summed E-state index contributed by atoms with van der Waals surface area (Å²) in [6.45, 7) is 3.54. The van der Waals surface area contributed by atoms with Crippen LogP contribution in [0.3, 0.4) is 0 Å². The Morgan fingerprint density at radius 1 is 1.45 bits per heavy atom. The second-order valence-electron chi connectivity index (χ2n) is 4.93. The third kappa shape index (κ3) is 4.37. The molecular weight excluding hydrogens is 261 g/mol. The minimum Gasteiger partial charge on any atom is -0.382 e. The lowest BCUT2D eigenvalue weighted by Gasteiger charge is -2.32. The summed E-state index contributed by atoms with van der Waals surface area (Å²) >= 11 is 0. The first-order valence-electron chi connectivity index (χ1n) is 6.80. The zero-order chi connectivity index (χ0) is 14.4. The van der Waals surface area contributed by atoms with Crippen LogP contribution in [0.1, 0.15) is 16.8 Å². The molecule has 20 heavy (non-hydrogen) atoms. The van der Waals surface area contributed by atoms with Crippen LogP contribution in [0.15, 0.2) is 24.3 Å². The Kier molecular flexibility index (Phi) is 5.64. The average Bonchev–Trinajstić information content (AvgIpc) is 2.46. The summed E-state index contributed by atoms with van der Waals surface area (Å²) in [6.07, 6.45) is 0.514. The van der Waals surface area contributed by atoms with E-state index >= 15 is 0 Å². The predicted octanol–water partition coefficient (Wildman–Crippen LogP) is 1.75. The number of halogens is 1. The van der Waals surface area contributed by atoms with Crippen LogP contribution < -0.4 is 0 Å². The minimum absolute atomic E-state index is 0.0415. The lowest BCUT2D eigenvalue weighted by molar-refractivity contribution is -0.0605. The van der Waals surface area contributed by atoms with Gasteiger partial charge in [0, 0.05) is 38.7 Å². The number of carbonyl (C=O) groups is 1. The number of hydrogen-bond acceptors (Lipinski definition) is 4. The van der Waals surface area contributed by atoms with E-state index in [2.05, 4.69) is 4.90 Å². The van der Waals surface area contributed by atoms with Gasteiger partial charge in [-0.2, -0.15) is 0 Å². The van der Waals surface area contributed by atoms with Crippen LogP contribution in [0, 0.1) is 5.82 Å². The molecule has 0 saturated carbocycles. The molecule has 0 aliphatic carbocycles. The summed E-state index contributed by atoms with van der Waals surface area (Å²) in [5, 5.41) is 0. The number of ketones is 1. The van der Waals surface area contributed by atoms with Gasteiger partial charge in [-0.05, 0) is 24.3 Å². The number of Topliss-reactive ketones (excluding diaryl/α,β-unsaturated/α-hetero) is 1. The van der Waals surface area contributed by atoms with E-state index in [4.69, 9.17) is 9.47 Å². The Morgan fingerprint density at radius 3 is 2.90 bits per heavy atom. The van der Waals surface area contributed by atoms with Gasteiger partial charge in [-0.3, -0.25) is 9.69 Å². The Bertz CT molecular complexity index is 433. The van der Waals surface area contributed by atoms with Gasteiger partial charge in [-0.15, -0.1) is 0 Å². The number of nitrogens with zero attached hydrogens (tertiary/aromatic N) is 1. The summed E-state index contributed by atoms with van der Waals surface area (Å²) in [4.78, 5) is 14.2. The van der Waals surface area contributed by atoms with Gasteiger partial charge in [0.15, 0.2) is 5.78 Å². The Morgan fingerprint density at radius 2 is 2.20 bits per heavy atom. The average molecular weight is 281 g/mol. The summed E-state index contributed by atoms with van der Waals surface area (Å²) in [6, 6.07) is 5.70. The zero-order valence-corrected chi connectivity index (χ0v) is 11.7. The molecule has 0 unspecified atom stereocenters. The maximum absolute atomic E-state index is 12.8. The number of hydrogen-bond donors (Lipinski definition) is 0. The third-order valence-corrected chi connectivity index (χ3v) is 3.40. The van der Waals surface area contributed by atoms with E-state index in [1.54, 1.807) is 7.11 Å². The normalized spacial score (nSPS) is 20.0. The van der Waals surface area contributed by atoms with E-state index in [1.807, 2.05) is 0 Å². The van der Waals surface area contributed by atoms with Crippen molar-refractivity contribution in [3.63, 3.8) is 0 Å². The van der Waals surface area contributed by atoms with Crippen LogP contribution in [0.4, 0.5) is 4.39 Å². The van der Waals surface area contributed by atoms with E-state index in [0.29, 0.717) is 31.7 Å². The van der Waals surface area contributed by atoms with Crippen LogP contribution in [0.2, 0.25) is 0 Å². The zero-order valence-electron chi connectivity index (χ0n) is 11.7. The molecule has 1 aromatic rings.